The van der Waals surface area contributed by atoms with E-state index < -0.39 is 10.0 Å². The first-order valence-corrected chi connectivity index (χ1v) is 9.79. The second-order valence-corrected chi connectivity index (χ2v) is 8.66. The third-order valence-corrected chi connectivity index (χ3v) is 5.73. The lowest BCUT2D eigenvalue weighted by Gasteiger charge is -2.27. The van der Waals surface area contributed by atoms with E-state index in [1.807, 2.05) is 4.90 Å². The van der Waals surface area contributed by atoms with Gasteiger partial charge in [-0.05, 0) is 25.7 Å². The molecule has 2 fully saturated rings. The molecule has 6 nitrogen and oxygen atoms in total. The van der Waals surface area contributed by atoms with Crippen molar-refractivity contribution in [2.45, 2.75) is 25.7 Å². The Morgan fingerprint density at radius 3 is 3.00 bits per heavy atom. The number of ether oxygens (including phenoxy) is 1. The number of hydrogen-bond donors (Lipinski definition) is 1. The molecule has 0 aromatic heterocycles. The normalized spacial score (nSPS) is 32.0. The van der Waals surface area contributed by atoms with E-state index >= 15 is 0 Å². The van der Waals surface area contributed by atoms with Crippen LogP contribution in [0.5, 0.6) is 0 Å². The summed E-state index contributed by atoms with van der Waals surface area (Å²) >= 11 is 0. The molecule has 0 saturated carbocycles. The minimum Gasteiger partial charge on any atom is -0.380 e. The summed E-state index contributed by atoms with van der Waals surface area (Å²) in [6.45, 7) is 2.72. The van der Waals surface area contributed by atoms with Crippen molar-refractivity contribution in [2.75, 3.05) is 39.1 Å². The molecule has 1 amide bonds. The zero-order valence-corrected chi connectivity index (χ0v) is 13.8. The first-order chi connectivity index (χ1) is 10.4. The number of nitrogens with zero attached hydrogens (tertiary/aromatic N) is 1. The maximum absolute atomic E-state index is 12.7. The number of allylic oxidation sites excluding steroid dienone is 1. The van der Waals surface area contributed by atoms with Crippen LogP contribution < -0.4 is 4.72 Å². The minimum atomic E-state index is -3.23. The molecule has 1 aliphatic carbocycles. The summed E-state index contributed by atoms with van der Waals surface area (Å²) in [5.41, 5.74) is 0.659. The molecule has 0 aromatic carbocycles. The lowest BCUT2D eigenvalue weighted by Crippen LogP contribution is -2.43. The van der Waals surface area contributed by atoms with Crippen LogP contribution in [0.4, 0.5) is 0 Å². The maximum atomic E-state index is 12.7. The molecular weight excluding hydrogens is 304 g/mol. The Balaban J connectivity index is 1.70. The SMILES string of the molecule is CS(=O)(=O)NC[C@@]12COC[C@@H]1CN(C(=O)C1=CCCCC1)C2. The number of sulfonamides is 1. The van der Waals surface area contributed by atoms with Crippen LogP contribution >= 0.6 is 0 Å². The van der Waals surface area contributed by atoms with Crippen molar-refractivity contribution >= 4 is 15.9 Å². The van der Waals surface area contributed by atoms with Gasteiger partial charge in [0, 0.05) is 36.5 Å². The Morgan fingerprint density at radius 1 is 1.50 bits per heavy atom. The summed E-state index contributed by atoms with van der Waals surface area (Å²) in [5, 5.41) is 0. The van der Waals surface area contributed by atoms with Gasteiger partial charge in [0.25, 0.3) is 0 Å². The molecule has 0 spiro atoms. The number of carbonyl (C=O) groups excluding carboxylic acids is 1. The predicted molar refractivity (Wildman–Crippen MR) is 82.7 cm³/mol. The van der Waals surface area contributed by atoms with Crippen molar-refractivity contribution < 1.29 is 17.9 Å². The summed E-state index contributed by atoms with van der Waals surface area (Å²) in [4.78, 5) is 14.6. The Hall–Kier alpha value is -0.920. The van der Waals surface area contributed by atoms with E-state index in [0.29, 0.717) is 32.8 Å². The molecule has 0 unspecified atom stereocenters. The second-order valence-electron chi connectivity index (χ2n) is 6.83. The molecule has 7 heteroatoms. The number of hydrogen-bond acceptors (Lipinski definition) is 4. The van der Waals surface area contributed by atoms with E-state index in [9.17, 15) is 13.2 Å². The zero-order valence-electron chi connectivity index (χ0n) is 13.0. The molecule has 0 radical (unpaired) electrons. The van der Waals surface area contributed by atoms with Crippen molar-refractivity contribution in [2.24, 2.45) is 11.3 Å². The van der Waals surface area contributed by atoms with Crippen molar-refractivity contribution in [3.05, 3.63) is 11.6 Å². The van der Waals surface area contributed by atoms with E-state index in [1.54, 1.807) is 0 Å². The average Bonchev–Trinajstić information content (AvgIpc) is 3.02. The molecule has 1 N–H and O–H groups in total. The van der Waals surface area contributed by atoms with E-state index in [1.165, 1.54) is 6.26 Å². The number of rotatable bonds is 4. The lowest BCUT2D eigenvalue weighted by atomic mass is 9.81. The van der Waals surface area contributed by atoms with Gasteiger partial charge in [-0.15, -0.1) is 0 Å². The molecule has 2 atom stereocenters. The van der Waals surface area contributed by atoms with E-state index in [-0.39, 0.29) is 17.2 Å². The third-order valence-electron chi connectivity index (χ3n) is 5.06. The molecule has 2 saturated heterocycles. The molecule has 22 heavy (non-hydrogen) atoms. The van der Waals surface area contributed by atoms with Gasteiger partial charge in [-0.3, -0.25) is 4.79 Å². The maximum Gasteiger partial charge on any atom is 0.249 e. The fourth-order valence-corrected chi connectivity index (χ4v) is 4.30. The molecule has 0 bridgehead atoms. The van der Waals surface area contributed by atoms with E-state index in [4.69, 9.17) is 4.74 Å². The second kappa shape index (κ2) is 5.94. The van der Waals surface area contributed by atoms with Crippen LogP contribution in [0.1, 0.15) is 25.7 Å². The van der Waals surface area contributed by atoms with Gasteiger partial charge < -0.3 is 9.64 Å². The number of fused-ring (bicyclic) bond motifs is 1. The van der Waals surface area contributed by atoms with Crippen molar-refractivity contribution in [1.82, 2.24) is 9.62 Å². The van der Waals surface area contributed by atoms with E-state index in [2.05, 4.69) is 10.8 Å². The summed E-state index contributed by atoms with van der Waals surface area (Å²) in [7, 11) is -3.23. The predicted octanol–water partition coefficient (Wildman–Crippen LogP) is 0.511. The van der Waals surface area contributed by atoms with E-state index in [0.717, 1.165) is 31.3 Å². The fraction of sp³-hybridized carbons (Fsp3) is 0.800. The van der Waals surface area contributed by atoms with Gasteiger partial charge in [-0.2, -0.15) is 0 Å². The van der Waals surface area contributed by atoms with Gasteiger partial charge in [-0.25, -0.2) is 13.1 Å². The van der Waals surface area contributed by atoms with Gasteiger partial charge in [0.05, 0.1) is 19.5 Å². The molecule has 124 valence electrons. The summed E-state index contributed by atoms with van der Waals surface area (Å²) < 4.78 is 31.0. The van der Waals surface area contributed by atoms with Crippen LogP contribution in [0.25, 0.3) is 0 Å². The first kappa shape index (κ1) is 16.0. The largest absolute Gasteiger partial charge is 0.380 e. The Kier molecular flexibility index (Phi) is 4.31. The molecular formula is C15H24N2O4S. The first-order valence-electron chi connectivity index (χ1n) is 7.90. The molecule has 0 aromatic rings. The van der Waals surface area contributed by atoms with Crippen LogP contribution in [0.2, 0.25) is 0 Å². The highest BCUT2D eigenvalue weighted by atomic mass is 32.2. The average molecular weight is 328 g/mol. The quantitative estimate of drug-likeness (QED) is 0.816. The van der Waals surface area contributed by atoms with Crippen LogP contribution in [0.15, 0.2) is 11.6 Å². The monoisotopic (exact) mass is 328 g/mol. The van der Waals surface area contributed by atoms with Gasteiger partial charge in [0.2, 0.25) is 15.9 Å². The lowest BCUT2D eigenvalue weighted by molar-refractivity contribution is -0.127. The Bertz CT molecular complexity index is 586. The van der Waals surface area contributed by atoms with Crippen LogP contribution in [-0.4, -0.2) is 58.3 Å². The van der Waals surface area contributed by atoms with Gasteiger partial charge in [-0.1, -0.05) is 6.08 Å². The highest BCUT2D eigenvalue weighted by molar-refractivity contribution is 7.88. The summed E-state index contributed by atoms with van der Waals surface area (Å²) in [6.07, 6.45) is 7.33. The fourth-order valence-electron chi connectivity index (χ4n) is 3.75. The number of nitrogens with one attached hydrogen (secondary N) is 1. The van der Waals surface area contributed by atoms with Gasteiger partial charge in [0.1, 0.15) is 0 Å². The molecule has 3 rings (SSSR count). The Labute approximate surface area is 131 Å². The van der Waals surface area contributed by atoms with Crippen LogP contribution in [-0.2, 0) is 19.6 Å². The number of carbonyl (C=O) groups is 1. The standard InChI is InChI=1S/C15H24N2O4S/c1-22(19,20)16-9-15-10-17(7-13(15)8-21-11-15)14(18)12-5-3-2-4-6-12/h5,13,16H,2-4,6-11H2,1H3/t13-,15+/m0/s1. The highest BCUT2D eigenvalue weighted by Gasteiger charge is 2.52. The van der Waals surface area contributed by atoms with Crippen LogP contribution in [0.3, 0.4) is 0 Å². The number of amides is 1. The topological polar surface area (TPSA) is 75.7 Å². The van der Waals surface area contributed by atoms with Crippen molar-refractivity contribution in [1.29, 1.82) is 0 Å². The van der Waals surface area contributed by atoms with Gasteiger partial charge >= 0.3 is 0 Å². The molecule has 3 aliphatic rings. The van der Waals surface area contributed by atoms with Crippen molar-refractivity contribution in [3.63, 3.8) is 0 Å². The van der Waals surface area contributed by atoms with Crippen LogP contribution in [0, 0.1) is 11.3 Å². The third kappa shape index (κ3) is 3.21. The smallest absolute Gasteiger partial charge is 0.249 e. The molecule has 2 heterocycles. The van der Waals surface area contributed by atoms with Gasteiger partial charge in [0.15, 0.2) is 0 Å². The highest BCUT2D eigenvalue weighted by Crippen LogP contribution is 2.41. The Morgan fingerprint density at radius 2 is 2.32 bits per heavy atom. The number of likely N-dealkylation sites (tertiary alicyclic amines) is 1. The van der Waals surface area contributed by atoms with Crippen molar-refractivity contribution in [3.8, 4) is 0 Å². The minimum absolute atomic E-state index is 0.132. The zero-order chi connectivity index (χ0) is 15.8. The summed E-state index contributed by atoms with van der Waals surface area (Å²) in [5.74, 6) is 0.350. The summed E-state index contributed by atoms with van der Waals surface area (Å²) in [6, 6.07) is 0. The molecule has 2 aliphatic heterocycles.